The van der Waals surface area contributed by atoms with Crippen molar-refractivity contribution in [3.05, 3.63) is 70.3 Å². The average molecular weight is 507 g/mol. The molecule has 1 heterocycles. The first-order chi connectivity index (χ1) is 16.0. The molecule has 0 radical (unpaired) electrons. The average Bonchev–Trinajstić information content (AvgIpc) is 2.81. The van der Waals surface area contributed by atoms with E-state index in [1.807, 2.05) is 63.2 Å². The second-order valence-electron chi connectivity index (χ2n) is 7.32. The molecule has 0 unspecified atom stereocenters. The van der Waals surface area contributed by atoms with Crippen molar-refractivity contribution in [2.45, 2.75) is 27.2 Å². The van der Waals surface area contributed by atoms with Gasteiger partial charge in [0.05, 0.1) is 23.4 Å². The predicted molar refractivity (Wildman–Crippen MR) is 136 cm³/mol. The van der Waals surface area contributed by atoms with Crippen LogP contribution in [-0.4, -0.2) is 35.5 Å². The van der Waals surface area contributed by atoms with Gasteiger partial charge in [-0.1, -0.05) is 28.1 Å². The third kappa shape index (κ3) is 5.91. The van der Waals surface area contributed by atoms with E-state index in [0.29, 0.717) is 37.4 Å². The number of nitriles is 1. The molecule has 0 aliphatic carbocycles. The van der Waals surface area contributed by atoms with E-state index in [1.54, 1.807) is 17.2 Å². The molecule has 1 N–H and O–H groups in total. The molecule has 1 aromatic heterocycles. The number of ether oxygens (including phenoxy) is 1. The molecule has 3 aromatic rings. The van der Waals surface area contributed by atoms with Crippen LogP contribution in [0, 0.1) is 11.3 Å². The van der Waals surface area contributed by atoms with Crippen molar-refractivity contribution in [1.82, 2.24) is 9.88 Å². The summed E-state index contributed by atoms with van der Waals surface area (Å²) in [5.74, 6) is 0.708. The van der Waals surface area contributed by atoms with Gasteiger partial charge in [-0.25, -0.2) is 0 Å². The number of hydrogen-bond donors (Lipinski definition) is 1. The molecule has 33 heavy (non-hydrogen) atoms. The minimum Gasteiger partial charge on any atom is -0.494 e. The molecule has 0 saturated carbocycles. The lowest BCUT2D eigenvalue weighted by molar-refractivity contribution is -0.125. The van der Waals surface area contributed by atoms with Gasteiger partial charge in [0.1, 0.15) is 11.8 Å². The van der Waals surface area contributed by atoms with E-state index < -0.39 is 0 Å². The summed E-state index contributed by atoms with van der Waals surface area (Å²) in [6.07, 6.45) is 5.55. The van der Waals surface area contributed by atoms with Gasteiger partial charge in [0, 0.05) is 40.9 Å². The fraction of sp³-hybridized carbons (Fsp3) is 0.269. The highest BCUT2D eigenvalue weighted by Gasteiger charge is 2.14. The molecule has 0 saturated heterocycles. The number of nitrogens with one attached hydrogen (secondary N) is 1. The van der Waals surface area contributed by atoms with Gasteiger partial charge < -0.3 is 15.0 Å². The normalized spacial score (nSPS) is 10.9. The van der Waals surface area contributed by atoms with E-state index in [4.69, 9.17) is 4.74 Å². The number of fused-ring (bicyclic) bond motifs is 1. The Balaban J connectivity index is 2.04. The van der Waals surface area contributed by atoms with Crippen LogP contribution in [0.4, 0.5) is 11.4 Å². The number of aromatic nitrogens is 1. The minimum absolute atomic E-state index is 0.0100. The van der Waals surface area contributed by atoms with Crippen molar-refractivity contribution in [1.29, 1.82) is 5.26 Å². The molecular weight excluding hydrogens is 480 g/mol. The quantitative estimate of drug-likeness (QED) is 0.361. The number of hydrogen-bond acceptors (Lipinski definition) is 5. The molecule has 3 rings (SSSR count). The Morgan fingerprint density at radius 1 is 1.24 bits per heavy atom. The largest absolute Gasteiger partial charge is 0.494 e. The zero-order chi connectivity index (χ0) is 23.8. The molecule has 0 aliphatic rings. The van der Waals surface area contributed by atoms with Crippen molar-refractivity contribution < 1.29 is 9.53 Å². The van der Waals surface area contributed by atoms with E-state index in [-0.39, 0.29) is 5.91 Å². The molecule has 0 aliphatic heterocycles. The van der Waals surface area contributed by atoms with Crippen LogP contribution in [0.3, 0.4) is 0 Å². The van der Waals surface area contributed by atoms with Crippen LogP contribution in [0.1, 0.15) is 31.9 Å². The first-order valence-electron chi connectivity index (χ1n) is 11.0. The Kier molecular flexibility index (Phi) is 8.45. The van der Waals surface area contributed by atoms with E-state index in [9.17, 15) is 10.1 Å². The second-order valence-corrected chi connectivity index (χ2v) is 8.24. The summed E-state index contributed by atoms with van der Waals surface area (Å²) < 4.78 is 6.80. The van der Waals surface area contributed by atoms with Crippen LogP contribution >= 0.6 is 15.9 Å². The number of amides is 1. The number of carbonyl (C=O) groups excluding carboxylic acids is 1. The molecule has 2 aromatic carbocycles. The van der Waals surface area contributed by atoms with Crippen LogP contribution in [0.25, 0.3) is 10.9 Å². The van der Waals surface area contributed by atoms with Gasteiger partial charge in [0.25, 0.3) is 0 Å². The van der Waals surface area contributed by atoms with Gasteiger partial charge >= 0.3 is 0 Å². The SMILES string of the molecule is CCOc1cc2ncc(C#N)c(Nc3cccc(Br)c3)c2cc1C/C=C/C(=O)N(CC)CC. The van der Waals surface area contributed by atoms with Crippen molar-refractivity contribution in [2.75, 3.05) is 25.0 Å². The second kappa shape index (κ2) is 11.5. The van der Waals surface area contributed by atoms with Gasteiger partial charge in [-0.3, -0.25) is 9.78 Å². The molecular formula is C26H27BrN4O2. The van der Waals surface area contributed by atoms with Crippen LogP contribution < -0.4 is 10.1 Å². The summed E-state index contributed by atoms with van der Waals surface area (Å²) in [7, 11) is 0. The lowest BCUT2D eigenvalue weighted by Crippen LogP contribution is -2.28. The number of nitrogens with zero attached hydrogens (tertiary/aromatic N) is 3. The predicted octanol–water partition coefficient (Wildman–Crippen LogP) is 5.98. The molecule has 170 valence electrons. The van der Waals surface area contributed by atoms with E-state index in [2.05, 4.69) is 32.3 Å². The topological polar surface area (TPSA) is 78.2 Å². The fourth-order valence-electron chi connectivity index (χ4n) is 3.57. The van der Waals surface area contributed by atoms with Crippen LogP contribution in [-0.2, 0) is 11.2 Å². The number of rotatable bonds is 9. The van der Waals surface area contributed by atoms with Gasteiger partial charge in [-0.15, -0.1) is 0 Å². The Labute approximate surface area is 203 Å². The Morgan fingerprint density at radius 2 is 2.03 bits per heavy atom. The summed E-state index contributed by atoms with van der Waals surface area (Å²) in [4.78, 5) is 18.6. The van der Waals surface area contributed by atoms with Crippen molar-refractivity contribution in [3.63, 3.8) is 0 Å². The molecule has 0 fully saturated rings. The third-order valence-electron chi connectivity index (χ3n) is 5.24. The highest BCUT2D eigenvalue weighted by Crippen LogP contribution is 2.34. The smallest absolute Gasteiger partial charge is 0.246 e. The Bertz CT molecular complexity index is 1210. The minimum atomic E-state index is -0.0100. The van der Waals surface area contributed by atoms with E-state index in [1.165, 1.54) is 0 Å². The maximum atomic E-state index is 12.3. The fourth-order valence-corrected chi connectivity index (χ4v) is 3.97. The third-order valence-corrected chi connectivity index (χ3v) is 5.73. The summed E-state index contributed by atoms with van der Waals surface area (Å²) >= 11 is 3.49. The van der Waals surface area contributed by atoms with Gasteiger partial charge in [-0.05, 0) is 63.1 Å². The summed E-state index contributed by atoms with van der Waals surface area (Å²) in [6, 6.07) is 13.9. The first-order valence-corrected chi connectivity index (χ1v) is 11.8. The Morgan fingerprint density at radius 3 is 2.70 bits per heavy atom. The number of anilines is 2. The molecule has 7 heteroatoms. The monoisotopic (exact) mass is 506 g/mol. The number of carbonyl (C=O) groups is 1. The number of allylic oxidation sites excluding steroid dienone is 1. The zero-order valence-electron chi connectivity index (χ0n) is 19.1. The maximum Gasteiger partial charge on any atom is 0.246 e. The van der Waals surface area contributed by atoms with E-state index >= 15 is 0 Å². The molecule has 0 bridgehead atoms. The molecule has 1 amide bonds. The van der Waals surface area contributed by atoms with Crippen molar-refractivity contribution >= 4 is 44.1 Å². The van der Waals surface area contributed by atoms with Gasteiger partial charge in [0.2, 0.25) is 5.91 Å². The van der Waals surface area contributed by atoms with Crippen molar-refractivity contribution in [2.24, 2.45) is 0 Å². The van der Waals surface area contributed by atoms with Crippen LogP contribution in [0.5, 0.6) is 5.75 Å². The van der Waals surface area contributed by atoms with Crippen LogP contribution in [0.15, 0.2) is 59.2 Å². The standard InChI is InChI=1S/C26H27BrN4O2/c1-4-31(5-2)25(32)12-7-9-18-13-22-23(15-24(18)33-6-3)29-17-19(16-28)26(22)30-21-11-8-10-20(27)14-21/h7-8,10-15,17H,4-6,9H2,1-3H3,(H,29,30)/b12-7+. The summed E-state index contributed by atoms with van der Waals surface area (Å²) in [6.45, 7) is 7.72. The first kappa shape index (κ1) is 24.3. The van der Waals surface area contributed by atoms with Gasteiger partial charge in [-0.2, -0.15) is 5.26 Å². The number of pyridine rings is 1. The Hall–Kier alpha value is -3.37. The van der Waals surface area contributed by atoms with E-state index in [0.717, 1.165) is 32.4 Å². The lowest BCUT2D eigenvalue weighted by atomic mass is 10.0. The summed E-state index contributed by atoms with van der Waals surface area (Å²) in [5.41, 5.74) is 3.63. The number of halogens is 1. The van der Waals surface area contributed by atoms with Gasteiger partial charge in [0.15, 0.2) is 0 Å². The highest BCUT2D eigenvalue weighted by atomic mass is 79.9. The zero-order valence-corrected chi connectivity index (χ0v) is 20.6. The van der Waals surface area contributed by atoms with Crippen LogP contribution in [0.2, 0.25) is 0 Å². The number of benzene rings is 2. The molecule has 0 atom stereocenters. The maximum absolute atomic E-state index is 12.3. The highest BCUT2D eigenvalue weighted by molar-refractivity contribution is 9.10. The summed E-state index contributed by atoms with van der Waals surface area (Å²) in [5, 5.41) is 13.9. The molecule has 6 nitrogen and oxygen atoms in total. The molecule has 0 spiro atoms. The van der Waals surface area contributed by atoms with Crippen molar-refractivity contribution in [3.8, 4) is 11.8 Å². The number of likely N-dealkylation sites (N-methyl/N-ethyl adjacent to an activating group) is 1. The lowest BCUT2D eigenvalue weighted by Gasteiger charge is -2.16.